The van der Waals surface area contributed by atoms with Gasteiger partial charge in [0.25, 0.3) is 0 Å². The maximum atomic E-state index is 12.8. The van der Waals surface area contributed by atoms with Gasteiger partial charge in [0.2, 0.25) is 29.5 Å². The van der Waals surface area contributed by atoms with Crippen molar-refractivity contribution in [2.45, 2.75) is 44.2 Å². The molecule has 2 unspecified atom stereocenters. The molecular weight excluding hydrogens is 464 g/mol. The van der Waals surface area contributed by atoms with E-state index in [0.717, 1.165) is 0 Å². The number of carboxylic acid groups (broad SMARTS) is 1. The van der Waals surface area contributed by atoms with E-state index in [4.69, 9.17) is 16.6 Å². The Hall–Kier alpha value is -3.59. The Morgan fingerprint density at radius 2 is 1.77 bits per heavy atom. The van der Waals surface area contributed by atoms with Crippen LogP contribution in [0.2, 0.25) is 0 Å². The number of hydrogen-bond donors (Lipinski definition) is 7. The van der Waals surface area contributed by atoms with Crippen LogP contribution in [0.5, 0.6) is 0 Å². The number of amides is 5. The van der Waals surface area contributed by atoms with Gasteiger partial charge in [0.15, 0.2) is 0 Å². The molecule has 1 heterocycles. The van der Waals surface area contributed by atoms with Gasteiger partial charge in [-0.2, -0.15) is 0 Å². The van der Waals surface area contributed by atoms with E-state index >= 15 is 0 Å². The molecule has 0 spiro atoms. The first kappa shape index (κ1) is 29.4. The van der Waals surface area contributed by atoms with E-state index in [1.54, 1.807) is 0 Å². The zero-order valence-electron chi connectivity index (χ0n) is 19.7. The fourth-order valence-corrected chi connectivity index (χ4v) is 3.19. The van der Waals surface area contributed by atoms with Gasteiger partial charge in [0.1, 0.15) is 12.1 Å². The first-order valence-electron chi connectivity index (χ1n) is 11.0. The van der Waals surface area contributed by atoms with Crippen LogP contribution in [0, 0.1) is 0 Å². The lowest BCUT2D eigenvalue weighted by Crippen LogP contribution is -2.53. The summed E-state index contributed by atoms with van der Waals surface area (Å²) in [4.78, 5) is 75.8. The lowest BCUT2D eigenvalue weighted by Gasteiger charge is -2.22. The van der Waals surface area contributed by atoms with E-state index in [-0.39, 0.29) is 45.3 Å². The summed E-state index contributed by atoms with van der Waals surface area (Å²) in [6.45, 7) is 0.613. The summed E-state index contributed by atoms with van der Waals surface area (Å²) in [6.07, 6.45) is 0.160. The first-order valence-corrected chi connectivity index (χ1v) is 11.0. The topological polar surface area (TPSA) is 238 Å². The third kappa shape index (κ3) is 13.0. The number of hydrogen-bond acceptors (Lipinski definition) is 9. The van der Waals surface area contributed by atoms with Crippen molar-refractivity contribution in [1.82, 2.24) is 26.2 Å². The second kappa shape index (κ2) is 15.3. The first-order chi connectivity index (χ1) is 16.5. The Bertz CT molecular complexity index is 832. The van der Waals surface area contributed by atoms with Crippen molar-refractivity contribution < 1.29 is 33.9 Å². The average molecular weight is 499 g/mol. The molecule has 196 valence electrons. The number of likely N-dealkylation sites (N-methyl/N-ethyl adjacent to an activating group) is 1. The Labute approximate surface area is 202 Å². The van der Waals surface area contributed by atoms with Gasteiger partial charge in [0, 0.05) is 38.1 Å². The molecule has 0 saturated heterocycles. The summed E-state index contributed by atoms with van der Waals surface area (Å²) in [5.74, 6) is -4.08. The van der Waals surface area contributed by atoms with Crippen LogP contribution in [-0.2, 0) is 28.8 Å². The lowest BCUT2D eigenvalue weighted by atomic mass is 10.1. The fourth-order valence-electron chi connectivity index (χ4n) is 3.19. The van der Waals surface area contributed by atoms with Crippen molar-refractivity contribution in [2.75, 3.05) is 39.9 Å². The maximum absolute atomic E-state index is 12.8. The Balaban J connectivity index is 2.61. The van der Waals surface area contributed by atoms with Crippen LogP contribution in [0.3, 0.4) is 0 Å². The molecule has 0 aliphatic carbocycles. The van der Waals surface area contributed by atoms with Crippen LogP contribution in [0.4, 0.5) is 0 Å². The molecule has 15 heteroatoms. The Kier molecular flexibility index (Phi) is 12.9. The Morgan fingerprint density at radius 3 is 2.34 bits per heavy atom. The van der Waals surface area contributed by atoms with Crippen LogP contribution in [0.15, 0.2) is 4.99 Å². The predicted octanol–water partition coefficient (Wildman–Crippen LogP) is -3.99. The van der Waals surface area contributed by atoms with Crippen molar-refractivity contribution in [3.63, 3.8) is 0 Å². The van der Waals surface area contributed by atoms with Gasteiger partial charge in [-0.15, -0.1) is 0 Å². The van der Waals surface area contributed by atoms with Crippen molar-refractivity contribution in [2.24, 2.45) is 16.5 Å². The summed E-state index contributed by atoms with van der Waals surface area (Å²) in [5, 5.41) is 19.3. The van der Waals surface area contributed by atoms with Crippen LogP contribution in [-0.4, -0.2) is 103 Å². The molecule has 0 bridgehead atoms. The van der Waals surface area contributed by atoms with Gasteiger partial charge in [-0.25, -0.2) is 0 Å². The van der Waals surface area contributed by atoms with E-state index in [2.05, 4.69) is 26.3 Å². The number of carbonyl (C=O) groups excluding carboxylic acids is 5. The molecule has 15 nitrogen and oxygen atoms in total. The minimum absolute atomic E-state index is 0.104. The Morgan fingerprint density at radius 1 is 1.06 bits per heavy atom. The SMILES string of the molecule is CN(CC(=O)O)CC(=O)NCCCC(NC(=O)C(CC1=NCNC1)NC(=O)CCC(N)=O)C(N)=O. The molecule has 1 rings (SSSR count). The van der Waals surface area contributed by atoms with Gasteiger partial charge < -0.3 is 32.5 Å². The molecular formula is C20H34N8O7. The minimum atomic E-state index is -1.06. The number of nitrogens with one attached hydrogen (secondary N) is 4. The highest BCUT2D eigenvalue weighted by atomic mass is 16.4. The molecule has 5 amide bonds. The van der Waals surface area contributed by atoms with Crippen LogP contribution in [0.1, 0.15) is 32.1 Å². The number of primary amides is 2. The second-order valence-corrected chi connectivity index (χ2v) is 8.12. The molecule has 0 saturated carbocycles. The zero-order chi connectivity index (χ0) is 26.4. The molecule has 0 radical (unpaired) electrons. The molecule has 1 aliphatic rings. The van der Waals surface area contributed by atoms with E-state index in [0.29, 0.717) is 25.3 Å². The monoisotopic (exact) mass is 498 g/mol. The standard InChI is InChI=1S/C20H34N8O7/c1-28(10-18(32)33)9-17(31)24-6-2-3-13(19(22)34)27-20(35)14(7-12-8-23-11-25-12)26-16(30)5-4-15(21)29/h13-14,23H,2-11H2,1H3,(H2,21,29)(H2,22,34)(H,24,31)(H,26,30)(H,27,35)(H,32,33). The number of aliphatic imine (C=N–C) groups is 1. The number of carboxylic acids is 1. The number of nitrogens with zero attached hydrogens (tertiary/aromatic N) is 2. The summed E-state index contributed by atoms with van der Waals surface area (Å²) < 4.78 is 0. The lowest BCUT2D eigenvalue weighted by molar-refractivity contribution is -0.138. The number of rotatable bonds is 17. The molecule has 0 fully saturated rings. The molecule has 0 aromatic rings. The van der Waals surface area contributed by atoms with E-state index in [9.17, 15) is 28.8 Å². The van der Waals surface area contributed by atoms with Crippen molar-refractivity contribution in [3.8, 4) is 0 Å². The van der Waals surface area contributed by atoms with Crippen LogP contribution < -0.4 is 32.7 Å². The largest absolute Gasteiger partial charge is 0.480 e. The summed E-state index contributed by atoms with van der Waals surface area (Å²) in [7, 11) is 1.49. The van der Waals surface area contributed by atoms with Gasteiger partial charge in [-0.1, -0.05) is 0 Å². The third-order valence-corrected chi connectivity index (χ3v) is 4.90. The zero-order valence-corrected chi connectivity index (χ0v) is 19.7. The third-order valence-electron chi connectivity index (χ3n) is 4.90. The van der Waals surface area contributed by atoms with Gasteiger partial charge in [-0.3, -0.25) is 44.0 Å². The smallest absolute Gasteiger partial charge is 0.317 e. The predicted molar refractivity (Wildman–Crippen MR) is 124 cm³/mol. The van der Waals surface area contributed by atoms with Crippen molar-refractivity contribution in [3.05, 3.63) is 0 Å². The highest BCUT2D eigenvalue weighted by molar-refractivity contribution is 5.97. The van der Waals surface area contributed by atoms with Crippen molar-refractivity contribution in [1.29, 1.82) is 0 Å². The van der Waals surface area contributed by atoms with Crippen LogP contribution in [0.25, 0.3) is 0 Å². The summed E-state index contributed by atoms with van der Waals surface area (Å²) >= 11 is 0. The molecule has 0 aromatic carbocycles. The molecule has 2 atom stereocenters. The molecule has 1 aliphatic heterocycles. The quantitative estimate of drug-likeness (QED) is 0.0966. The fraction of sp³-hybridized carbons (Fsp3) is 0.650. The van der Waals surface area contributed by atoms with Gasteiger partial charge >= 0.3 is 5.97 Å². The molecule has 9 N–H and O–H groups in total. The van der Waals surface area contributed by atoms with E-state index in [1.165, 1.54) is 11.9 Å². The molecule has 35 heavy (non-hydrogen) atoms. The molecule has 0 aromatic heterocycles. The van der Waals surface area contributed by atoms with Crippen LogP contribution >= 0.6 is 0 Å². The second-order valence-electron chi connectivity index (χ2n) is 8.12. The number of aliphatic carboxylic acids is 1. The van der Waals surface area contributed by atoms with Crippen molar-refractivity contribution >= 4 is 41.2 Å². The minimum Gasteiger partial charge on any atom is -0.480 e. The number of nitrogens with two attached hydrogens (primary N) is 2. The van der Waals surface area contributed by atoms with Gasteiger partial charge in [0.05, 0.1) is 19.8 Å². The average Bonchev–Trinajstić information content (AvgIpc) is 3.26. The normalized spacial score (nSPS) is 14.5. The van der Waals surface area contributed by atoms with Gasteiger partial charge in [-0.05, 0) is 19.9 Å². The summed E-state index contributed by atoms with van der Waals surface area (Å²) in [5.41, 5.74) is 11.1. The maximum Gasteiger partial charge on any atom is 0.317 e. The number of carbonyl (C=O) groups is 6. The summed E-state index contributed by atoms with van der Waals surface area (Å²) in [6, 6.07) is -2.09. The van der Waals surface area contributed by atoms with E-state index in [1.807, 2.05) is 0 Å². The van der Waals surface area contributed by atoms with E-state index < -0.39 is 47.6 Å². The highest BCUT2D eigenvalue weighted by Crippen LogP contribution is 2.04. The highest BCUT2D eigenvalue weighted by Gasteiger charge is 2.27.